The van der Waals surface area contributed by atoms with Crippen molar-refractivity contribution in [1.82, 2.24) is 9.88 Å². The minimum absolute atomic E-state index is 0.0284. The Morgan fingerprint density at radius 1 is 1.34 bits per heavy atom. The zero-order valence-corrected chi connectivity index (χ0v) is 16.4. The lowest BCUT2D eigenvalue weighted by Gasteiger charge is -2.40. The molecule has 1 aromatic heterocycles. The van der Waals surface area contributed by atoms with Crippen LogP contribution in [-0.2, 0) is 24.0 Å². The Morgan fingerprint density at radius 2 is 2.10 bits per heavy atom. The van der Waals surface area contributed by atoms with Crippen molar-refractivity contribution in [3.8, 4) is 5.75 Å². The summed E-state index contributed by atoms with van der Waals surface area (Å²) in [4.78, 5) is 29.8. The number of carboxylic acids is 1. The van der Waals surface area contributed by atoms with Gasteiger partial charge in [0.15, 0.2) is 5.13 Å². The van der Waals surface area contributed by atoms with Crippen molar-refractivity contribution >= 4 is 34.9 Å². The molecule has 2 aliphatic rings. The van der Waals surface area contributed by atoms with Crippen LogP contribution in [0.3, 0.4) is 0 Å². The fourth-order valence-electron chi connectivity index (χ4n) is 3.85. The third-order valence-electron chi connectivity index (χ3n) is 5.39. The average molecular weight is 418 g/mol. The van der Waals surface area contributed by atoms with Gasteiger partial charge in [0, 0.05) is 5.38 Å². The number of likely N-dealkylation sites (tertiary alicyclic amines) is 1. The van der Waals surface area contributed by atoms with Gasteiger partial charge in [-0.1, -0.05) is 18.1 Å². The molecule has 0 unspecified atom stereocenters. The lowest BCUT2D eigenvalue weighted by Crippen LogP contribution is -2.56. The Bertz CT molecular complexity index is 973. The van der Waals surface area contributed by atoms with Crippen molar-refractivity contribution in [3.05, 3.63) is 39.9 Å². The topological polar surface area (TPSA) is 146 Å². The number of anilines is 1. The number of nitrogen functional groups attached to an aromatic ring is 1. The summed E-state index contributed by atoms with van der Waals surface area (Å²) in [7, 11) is 0. The number of aromatic carboxylic acids is 1. The predicted octanol–water partition coefficient (Wildman–Crippen LogP) is 0.320. The van der Waals surface area contributed by atoms with E-state index in [1.54, 1.807) is 22.4 Å². The van der Waals surface area contributed by atoms with E-state index in [9.17, 15) is 24.7 Å². The molecule has 154 valence electrons. The second-order valence-electron chi connectivity index (χ2n) is 7.65. The van der Waals surface area contributed by atoms with Gasteiger partial charge in [-0.05, 0) is 11.6 Å². The average Bonchev–Trinajstić information content (AvgIpc) is 3.00. The van der Waals surface area contributed by atoms with Gasteiger partial charge < -0.3 is 30.5 Å². The highest BCUT2D eigenvalue weighted by Gasteiger charge is 2.35. The van der Waals surface area contributed by atoms with Crippen LogP contribution in [0, 0.1) is 0 Å². The maximum Gasteiger partial charge on any atom is 0.339 e. The molecule has 0 saturated carbocycles. The number of benzene rings is 1. The molecule has 9 nitrogen and oxygen atoms in total. The summed E-state index contributed by atoms with van der Waals surface area (Å²) >= 11 is 1.28. The maximum atomic E-state index is 12.3. The van der Waals surface area contributed by atoms with Crippen LogP contribution in [0.25, 0.3) is 0 Å². The second kappa shape index (κ2) is 7.32. The SMILES string of the molecule is Nc1nc(CC(=O)N2CC(Oc3ccc4c(c3C(=O)O)C[B-](O)(O)CC4)C2)cs1. The summed E-state index contributed by atoms with van der Waals surface area (Å²) in [5, 5.41) is 31.9. The van der Waals surface area contributed by atoms with E-state index >= 15 is 0 Å². The standard InChI is InChI=1S/C18H21BN3O6S/c20-18-21-11(9-29-18)5-15(23)22-7-12(8-22)28-14-2-1-10-3-4-19(26,27)6-13(10)16(14)17(24)25/h1-2,9,12,26-27H,3-8H2,(H2,20,21)(H,24,25)/q-1. The second-order valence-corrected chi connectivity index (χ2v) is 8.54. The fraction of sp³-hybridized carbons (Fsp3) is 0.389. The van der Waals surface area contributed by atoms with Crippen LogP contribution in [0.5, 0.6) is 5.75 Å². The Kier molecular flexibility index (Phi) is 4.97. The zero-order valence-electron chi connectivity index (χ0n) is 15.6. The van der Waals surface area contributed by atoms with Crippen molar-refractivity contribution in [2.24, 2.45) is 0 Å². The molecular formula is C18H21BN3O6S-. The first-order valence-corrected chi connectivity index (χ1v) is 10.2. The smallest absolute Gasteiger partial charge is 0.339 e. The van der Waals surface area contributed by atoms with Crippen LogP contribution in [0.4, 0.5) is 5.13 Å². The molecule has 0 spiro atoms. The largest absolute Gasteiger partial charge is 0.583 e. The van der Waals surface area contributed by atoms with Crippen molar-refractivity contribution in [2.45, 2.75) is 31.6 Å². The molecule has 5 N–H and O–H groups in total. The molecule has 0 bridgehead atoms. The summed E-state index contributed by atoms with van der Waals surface area (Å²) in [6.07, 6.45) is 0.376. The van der Waals surface area contributed by atoms with Gasteiger partial charge in [0.05, 0.1) is 25.2 Å². The summed E-state index contributed by atoms with van der Waals surface area (Å²) in [5.41, 5.74) is 7.38. The number of hydrogen-bond donors (Lipinski definition) is 4. The number of carbonyl (C=O) groups is 2. The minimum Gasteiger partial charge on any atom is -0.583 e. The Hall–Kier alpha value is -2.63. The van der Waals surface area contributed by atoms with Gasteiger partial charge in [0.25, 0.3) is 0 Å². The number of carboxylic acid groups (broad SMARTS) is 1. The lowest BCUT2D eigenvalue weighted by molar-refractivity contribution is -0.139. The van der Waals surface area contributed by atoms with E-state index in [1.165, 1.54) is 11.3 Å². The normalized spacial score (nSPS) is 18.1. The molecule has 0 radical (unpaired) electrons. The molecule has 3 heterocycles. The summed E-state index contributed by atoms with van der Waals surface area (Å²) < 4.78 is 5.85. The van der Waals surface area contributed by atoms with Gasteiger partial charge in [-0.25, -0.2) is 9.78 Å². The van der Waals surface area contributed by atoms with Gasteiger partial charge in [-0.15, -0.1) is 24.0 Å². The van der Waals surface area contributed by atoms with Crippen LogP contribution in [0.1, 0.15) is 27.2 Å². The molecule has 1 fully saturated rings. The molecule has 29 heavy (non-hydrogen) atoms. The number of aryl methyl sites for hydroxylation is 1. The number of fused-ring (bicyclic) bond motifs is 1. The number of hydrogen-bond acceptors (Lipinski definition) is 8. The third kappa shape index (κ3) is 4.07. The van der Waals surface area contributed by atoms with Gasteiger partial charge in [-0.3, -0.25) is 4.79 Å². The zero-order chi connectivity index (χ0) is 20.8. The highest BCUT2D eigenvalue weighted by molar-refractivity contribution is 7.13. The van der Waals surface area contributed by atoms with Crippen LogP contribution in [0.2, 0.25) is 6.32 Å². The lowest BCUT2D eigenvalue weighted by atomic mass is 9.47. The molecule has 0 atom stereocenters. The number of aromatic nitrogens is 1. The highest BCUT2D eigenvalue weighted by atomic mass is 32.1. The number of thiazole rings is 1. The van der Waals surface area contributed by atoms with E-state index in [-0.39, 0.29) is 42.4 Å². The number of carbonyl (C=O) groups excluding carboxylic acids is 1. The molecule has 2 aliphatic heterocycles. The number of nitrogens with zero attached hydrogens (tertiary/aromatic N) is 2. The molecule has 1 aromatic carbocycles. The monoisotopic (exact) mass is 418 g/mol. The molecule has 1 saturated heterocycles. The Balaban J connectivity index is 1.43. The summed E-state index contributed by atoms with van der Waals surface area (Å²) in [5.74, 6) is -1.07. The van der Waals surface area contributed by atoms with Crippen LogP contribution in [0.15, 0.2) is 17.5 Å². The number of amides is 1. The quantitative estimate of drug-likeness (QED) is 0.508. The molecule has 2 aromatic rings. The van der Waals surface area contributed by atoms with Crippen molar-refractivity contribution in [2.75, 3.05) is 18.8 Å². The highest BCUT2D eigenvalue weighted by Crippen LogP contribution is 2.34. The molecular weight excluding hydrogens is 397 g/mol. The van der Waals surface area contributed by atoms with Crippen molar-refractivity contribution in [1.29, 1.82) is 0 Å². The molecule has 0 aliphatic carbocycles. The fourth-order valence-corrected chi connectivity index (χ4v) is 4.41. The molecule has 1 amide bonds. The number of ether oxygens (including phenoxy) is 1. The molecule has 11 heteroatoms. The predicted molar refractivity (Wildman–Crippen MR) is 107 cm³/mol. The first-order chi connectivity index (χ1) is 13.7. The van der Waals surface area contributed by atoms with Crippen LogP contribution in [-0.4, -0.2) is 62.7 Å². The van der Waals surface area contributed by atoms with E-state index in [4.69, 9.17) is 10.5 Å². The number of rotatable bonds is 5. The van der Waals surface area contributed by atoms with Crippen molar-refractivity contribution < 1.29 is 29.5 Å². The van der Waals surface area contributed by atoms with E-state index in [1.807, 2.05) is 0 Å². The van der Waals surface area contributed by atoms with Crippen molar-refractivity contribution in [3.63, 3.8) is 0 Å². The van der Waals surface area contributed by atoms with Gasteiger partial charge in [0.1, 0.15) is 17.4 Å². The first-order valence-electron chi connectivity index (χ1n) is 9.37. The maximum absolute atomic E-state index is 12.3. The van der Waals surface area contributed by atoms with E-state index in [0.717, 1.165) is 5.56 Å². The van der Waals surface area contributed by atoms with Gasteiger partial charge in [0.2, 0.25) is 12.5 Å². The first kappa shape index (κ1) is 19.7. The third-order valence-corrected chi connectivity index (χ3v) is 6.11. The Morgan fingerprint density at radius 3 is 2.76 bits per heavy atom. The Labute approximate surface area is 170 Å². The van der Waals surface area contributed by atoms with Gasteiger partial charge >= 0.3 is 5.97 Å². The summed E-state index contributed by atoms with van der Waals surface area (Å²) in [6, 6.07) is 3.39. The minimum atomic E-state index is -2.60. The number of nitrogens with two attached hydrogens (primary N) is 1. The van der Waals surface area contributed by atoms with Crippen LogP contribution >= 0.6 is 11.3 Å². The molecule has 4 rings (SSSR count). The van der Waals surface area contributed by atoms with E-state index < -0.39 is 12.5 Å². The van der Waals surface area contributed by atoms with E-state index in [2.05, 4.69) is 4.98 Å². The summed E-state index contributed by atoms with van der Waals surface area (Å²) in [6.45, 7) is -1.90. The van der Waals surface area contributed by atoms with E-state index in [0.29, 0.717) is 35.9 Å². The van der Waals surface area contributed by atoms with Gasteiger partial charge in [-0.2, -0.15) is 0 Å². The van der Waals surface area contributed by atoms with Crippen LogP contribution < -0.4 is 10.5 Å².